The number of hydrazine groups is 1. The molecule has 3 unspecified atom stereocenters. The molecule has 0 aliphatic heterocycles. The highest BCUT2D eigenvalue weighted by molar-refractivity contribution is 4.99. The van der Waals surface area contributed by atoms with Gasteiger partial charge in [0, 0.05) is 6.04 Å². The van der Waals surface area contributed by atoms with Crippen molar-refractivity contribution in [2.75, 3.05) is 0 Å². The Hall–Kier alpha value is -0.0800. The summed E-state index contributed by atoms with van der Waals surface area (Å²) in [6.07, 6.45) is 10.2. The summed E-state index contributed by atoms with van der Waals surface area (Å²) in [7, 11) is 0. The first-order valence-corrected chi connectivity index (χ1v) is 6.33. The topological polar surface area (TPSA) is 38.0 Å². The van der Waals surface area contributed by atoms with E-state index in [1.54, 1.807) is 0 Å². The van der Waals surface area contributed by atoms with E-state index < -0.39 is 0 Å². The Morgan fingerprint density at radius 1 is 1.14 bits per heavy atom. The molecule has 3 fully saturated rings. The van der Waals surface area contributed by atoms with Crippen LogP contribution >= 0.6 is 0 Å². The normalized spacial score (nSPS) is 43.1. The maximum absolute atomic E-state index is 5.69. The molecule has 0 aromatic rings. The minimum Gasteiger partial charge on any atom is -0.271 e. The van der Waals surface area contributed by atoms with Crippen LogP contribution in [0.1, 0.15) is 44.9 Å². The van der Waals surface area contributed by atoms with Gasteiger partial charge in [-0.05, 0) is 49.4 Å². The van der Waals surface area contributed by atoms with Crippen LogP contribution in [0.25, 0.3) is 0 Å². The number of fused-ring (bicyclic) bond motifs is 1. The Morgan fingerprint density at radius 2 is 1.86 bits per heavy atom. The van der Waals surface area contributed by atoms with Crippen molar-refractivity contribution < 1.29 is 0 Å². The summed E-state index contributed by atoms with van der Waals surface area (Å²) < 4.78 is 0. The quantitative estimate of drug-likeness (QED) is 0.531. The maximum atomic E-state index is 5.69. The van der Waals surface area contributed by atoms with Crippen molar-refractivity contribution in [3.05, 3.63) is 0 Å². The number of nitrogens with one attached hydrogen (secondary N) is 1. The summed E-state index contributed by atoms with van der Waals surface area (Å²) in [5.74, 6) is 9.78. The first-order valence-electron chi connectivity index (χ1n) is 6.33. The molecule has 3 saturated carbocycles. The van der Waals surface area contributed by atoms with Crippen LogP contribution in [0.3, 0.4) is 0 Å². The molecule has 0 aromatic carbocycles. The average Bonchev–Trinajstić information content (AvgIpc) is 2.72. The molecule has 3 rings (SSSR count). The van der Waals surface area contributed by atoms with Gasteiger partial charge in [0.05, 0.1) is 0 Å². The molecule has 0 heterocycles. The Kier molecular flexibility index (Phi) is 2.29. The molecular weight excluding hydrogens is 172 g/mol. The first-order chi connectivity index (χ1) is 6.86. The zero-order valence-electron chi connectivity index (χ0n) is 8.91. The minimum absolute atomic E-state index is 0.632. The second kappa shape index (κ2) is 3.49. The van der Waals surface area contributed by atoms with Gasteiger partial charge in [-0.25, -0.2) is 0 Å². The van der Waals surface area contributed by atoms with Crippen LogP contribution in [-0.4, -0.2) is 6.04 Å². The van der Waals surface area contributed by atoms with E-state index in [2.05, 4.69) is 5.43 Å². The second-order valence-electron chi connectivity index (χ2n) is 5.79. The fourth-order valence-corrected chi connectivity index (χ4v) is 3.57. The minimum atomic E-state index is 0.632. The van der Waals surface area contributed by atoms with E-state index in [-0.39, 0.29) is 0 Å². The highest BCUT2D eigenvalue weighted by Gasteiger charge is 2.47. The lowest BCUT2D eigenvalue weighted by Gasteiger charge is -2.32. The van der Waals surface area contributed by atoms with Crippen LogP contribution in [0.4, 0.5) is 0 Å². The molecule has 0 spiro atoms. The molecule has 0 saturated heterocycles. The smallest absolute Gasteiger partial charge is 0.0241 e. The zero-order chi connectivity index (χ0) is 9.54. The standard InChI is InChI=1S/C12H22N2/c13-14-12(4-8-2-1-3-8)11-6-9-5-10(9)7-11/h8-12,14H,1-7,13H2. The van der Waals surface area contributed by atoms with Crippen molar-refractivity contribution in [3.8, 4) is 0 Å². The lowest BCUT2D eigenvalue weighted by Crippen LogP contribution is -2.42. The lowest BCUT2D eigenvalue weighted by atomic mass is 9.77. The fraction of sp³-hybridized carbons (Fsp3) is 1.00. The third kappa shape index (κ3) is 1.59. The van der Waals surface area contributed by atoms with Crippen molar-refractivity contribution in [1.29, 1.82) is 0 Å². The average molecular weight is 194 g/mol. The Morgan fingerprint density at radius 3 is 2.36 bits per heavy atom. The summed E-state index contributed by atoms with van der Waals surface area (Å²) in [6, 6.07) is 0.632. The van der Waals surface area contributed by atoms with Crippen molar-refractivity contribution in [2.24, 2.45) is 29.5 Å². The number of rotatable bonds is 4. The molecule has 14 heavy (non-hydrogen) atoms. The monoisotopic (exact) mass is 194 g/mol. The lowest BCUT2D eigenvalue weighted by molar-refractivity contribution is 0.217. The summed E-state index contributed by atoms with van der Waals surface area (Å²) in [5, 5.41) is 0. The number of hydrogen-bond acceptors (Lipinski definition) is 2. The van der Waals surface area contributed by atoms with Gasteiger partial charge in [-0.15, -0.1) is 0 Å². The highest BCUT2D eigenvalue weighted by Crippen LogP contribution is 2.55. The van der Waals surface area contributed by atoms with Gasteiger partial charge in [-0.3, -0.25) is 11.3 Å². The van der Waals surface area contributed by atoms with E-state index in [0.717, 1.165) is 23.7 Å². The molecule has 0 radical (unpaired) electrons. The van der Waals surface area contributed by atoms with Gasteiger partial charge in [-0.1, -0.05) is 19.3 Å². The van der Waals surface area contributed by atoms with E-state index in [9.17, 15) is 0 Å². The van der Waals surface area contributed by atoms with Crippen LogP contribution in [0.5, 0.6) is 0 Å². The third-order valence-corrected chi connectivity index (χ3v) is 4.88. The zero-order valence-corrected chi connectivity index (χ0v) is 8.91. The molecule has 3 atom stereocenters. The van der Waals surface area contributed by atoms with Crippen molar-refractivity contribution in [1.82, 2.24) is 5.43 Å². The Bertz CT molecular complexity index is 202. The summed E-state index contributed by atoms with van der Waals surface area (Å²) >= 11 is 0. The predicted octanol–water partition coefficient (Wildman–Crippen LogP) is 2.05. The SMILES string of the molecule is NNC(CC1CCC1)C1CC2CC2C1. The molecule has 3 aliphatic rings. The van der Waals surface area contributed by atoms with Crippen LogP contribution in [0.2, 0.25) is 0 Å². The Balaban J connectivity index is 1.51. The van der Waals surface area contributed by atoms with Crippen LogP contribution in [-0.2, 0) is 0 Å². The fourth-order valence-electron chi connectivity index (χ4n) is 3.57. The van der Waals surface area contributed by atoms with Gasteiger partial charge in [0.2, 0.25) is 0 Å². The van der Waals surface area contributed by atoms with Crippen LogP contribution < -0.4 is 11.3 Å². The second-order valence-corrected chi connectivity index (χ2v) is 5.79. The molecule has 3 aliphatic carbocycles. The van der Waals surface area contributed by atoms with Gasteiger partial charge in [0.25, 0.3) is 0 Å². The molecule has 0 bridgehead atoms. The largest absolute Gasteiger partial charge is 0.271 e. The first kappa shape index (κ1) is 9.17. The van der Waals surface area contributed by atoms with E-state index in [0.29, 0.717) is 6.04 Å². The number of hydrogen-bond donors (Lipinski definition) is 2. The summed E-state index contributed by atoms with van der Waals surface area (Å²) in [5.41, 5.74) is 3.08. The van der Waals surface area contributed by atoms with Crippen molar-refractivity contribution in [3.63, 3.8) is 0 Å². The molecule has 2 nitrogen and oxygen atoms in total. The number of nitrogens with two attached hydrogens (primary N) is 1. The molecule has 0 aromatic heterocycles. The van der Waals surface area contributed by atoms with Crippen molar-refractivity contribution in [2.45, 2.75) is 51.0 Å². The van der Waals surface area contributed by atoms with E-state index in [4.69, 9.17) is 5.84 Å². The molecule has 3 N–H and O–H groups in total. The molecular formula is C12H22N2. The molecule has 80 valence electrons. The Labute approximate surface area is 86.6 Å². The van der Waals surface area contributed by atoms with Gasteiger partial charge in [0.15, 0.2) is 0 Å². The van der Waals surface area contributed by atoms with Crippen LogP contribution in [0.15, 0.2) is 0 Å². The van der Waals surface area contributed by atoms with Gasteiger partial charge >= 0.3 is 0 Å². The van der Waals surface area contributed by atoms with Crippen molar-refractivity contribution >= 4 is 0 Å². The van der Waals surface area contributed by atoms with E-state index in [1.807, 2.05) is 0 Å². The van der Waals surface area contributed by atoms with Gasteiger partial charge in [-0.2, -0.15) is 0 Å². The van der Waals surface area contributed by atoms with E-state index >= 15 is 0 Å². The molecule has 0 amide bonds. The summed E-state index contributed by atoms with van der Waals surface area (Å²) in [6.45, 7) is 0. The van der Waals surface area contributed by atoms with E-state index in [1.165, 1.54) is 44.9 Å². The predicted molar refractivity (Wildman–Crippen MR) is 57.4 cm³/mol. The third-order valence-electron chi connectivity index (χ3n) is 4.88. The van der Waals surface area contributed by atoms with Gasteiger partial charge in [0.1, 0.15) is 0 Å². The maximum Gasteiger partial charge on any atom is 0.0241 e. The highest BCUT2D eigenvalue weighted by atomic mass is 15.2. The van der Waals surface area contributed by atoms with Crippen LogP contribution in [0, 0.1) is 23.7 Å². The van der Waals surface area contributed by atoms with Gasteiger partial charge < -0.3 is 0 Å². The summed E-state index contributed by atoms with van der Waals surface area (Å²) in [4.78, 5) is 0. The molecule has 2 heteroatoms.